The van der Waals surface area contributed by atoms with Crippen molar-refractivity contribution in [1.29, 1.82) is 0 Å². The van der Waals surface area contributed by atoms with E-state index in [1.54, 1.807) is 0 Å². The second kappa shape index (κ2) is 8.17. The molecule has 0 heterocycles. The molecule has 0 aliphatic heterocycles. The van der Waals surface area contributed by atoms with Crippen LogP contribution in [0.5, 0.6) is 0 Å². The SMILES string of the molecule is CCCC(CS)CN(C)Cc1ccc(Br)cc1. The van der Waals surface area contributed by atoms with Gasteiger partial charge in [0.1, 0.15) is 0 Å². The monoisotopic (exact) mass is 315 g/mol. The Kier molecular flexibility index (Phi) is 7.24. The summed E-state index contributed by atoms with van der Waals surface area (Å²) in [4.78, 5) is 2.39. The van der Waals surface area contributed by atoms with Gasteiger partial charge < -0.3 is 4.90 Å². The van der Waals surface area contributed by atoms with Crippen molar-refractivity contribution in [3.8, 4) is 0 Å². The number of halogens is 1. The van der Waals surface area contributed by atoms with E-state index in [2.05, 4.69) is 71.7 Å². The molecule has 0 bridgehead atoms. The van der Waals surface area contributed by atoms with Gasteiger partial charge in [-0.25, -0.2) is 0 Å². The van der Waals surface area contributed by atoms with Gasteiger partial charge in [-0.15, -0.1) is 0 Å². The zero-order valence-electron chi connectivity index (χ0n) is 10.7. The summed E-state index contributed by atoms with van der Waals surface area (Å²) in [5.41, 5.74) is 1.37. The lowest BCUT2D eigenvalue weighted by Crippen LogP contribution is -2.26. The molecule has 0 saturated carbocycles. The van der Waals surface area contributed by atoms with Gasteiger partial charge in [-0.2, -0.15) is 12.6 Å². The maximum Gasteiger partial charge on any atom is 0.0230 e. The number of benzene rings is 1. The smallest absolute Gasteiger partial charge is 0.0230 e. The quantitative estimate of drug-likeness (QED) is 0.737. The molecule has 0 aliphatic rings. The molecule has 1 rings (SSSR count). The van der Waals surface area contributed by atoms with E-state index in [1.165, 1.54) is 18.4 Å². The molecule has 0 radical (unpaired) electrons. The highest BCUT2D eigenvalue weighted by Gasteiger charge is 2.09. The lowest BCUT2D eigenvalue weighted by Gasteiger charge is -2.22. The molecule has 1 atom stereocenters. The van der Waals surface area contributed by atoms with Crippen molar-refractivity contribution in [2.24, 2.45) is 5.92 Å². The summed E-state index contributed by atoms with van der Waals surface area (Å²) in [5, 5.41) is 0. The number of hydrogen-bond acceptors (Lipinski definition) is 2. The Bertz CT molecular complexity index is 313. The van der Waals surface area contributed by atoms with Crippen molar-refractivity contribution >= 4 is 28.6 Å². The van der Waals surface area contributed by atoms with Gasteiger partial charge in [-0.3, -0.25) is 0 Å². The number of nitrogens with zero attached hydrogens (tertiary/aromatic N) is 1. The highest BCUT2D eigenvalue weighted by molar-refractivity contribution is 9.10. The molecule has 0 saturated heterocycles. The summed E-state index contributed by atoms with van der Waals surface area (Å²) in [6, 6.07) is 8.56. The van der Waals surface area contributed by atoms with Crippen LogP contribution in [0.15, 0.2) is 28.7 Å². The minimum atomic E-state index is 0.712. The molecule has 0 amide bonds. The predicted molar refractivity (Wildman–Crippen MR) is 82.7 cm³/mol. The third kappa shape index (κ3) is 5.94. The molecule has 1 unspecified atom stereocenters. The van der Waals surface area contributed by atoms with E-state index in [0.717, 1.165) is 23.3 Å². The second-order valence-electron chi connectivity index (χ2n) is 4.66. The van der Waals surface area contributed by atoms with Crippen LogP contribution in [0.1, 0.15) is 25.3 Å². The first-order valence-corrected chi connectivity index (χ1v) is 7.62. The van der Waals surface area contributed by atoms with Crippen molar-refractivity contribution in [1.82, 2.24) is 4.90 Å². The fraction of sp³-hybridized carbons (Fsp3) is 0.571. The Balaban J connectivity index is 2.42. The molecule has 0 aromatic heterocycles. The first kappa shape index (κ1) is 15.1. The molecule has 0 fully saturated rings. The number of hydrogen-bond donors (Lipinski definition) is 1. The van der Waals surface area contributed by atoms with Gasteiger partial charge in [0.05, 0.1) is 0 Å². The summed E-state index contributed by atoms with van der Waals surface area (Å²) in [6.07, 6.45) is 2.52. The van der Waals surface area contributed by atoms with E-state index in [9.17, 15) is 0 Å². The van der Waals surface area contributed by atoms with Gasteiger partial charge in [0.25, 0.3) is 0 Å². The minimum absolute atomic E-state index is 0.712. The average molecular weight is 316 g/mol. The van der Waals surface area contributed by atoms with E-state index < -0.39 is 0 Å². The Morgan fingerprint density at radius 3 is 2.47 bits per heavy atom. The standard InChI is InChI=1S/C14H22BrNS/c1-3-4-13(11-17)10-16(2)9-12-5-7-14(15)8-6-12/h5-8,13,17H,3-4,9-11H2,1-2H3. The second-order valence-corrected chi connectivity index (χ2v) is 5.94. The van der Waals surface area contributed by atoms with Crippen LogP contribution in [0.2, 0.25) is 0 Å². The fourth-order valence-corrected chi connectivity index (χ4v) is 2.62. The first-order chi connectivity index (χ1) is 8.15. The molecular formula is C14H22BrNS. The predicted octanol–water partition coefficient (Wildman–Crippen LogP) is 4.23. The van der Waals surface area contributed by atoms with Crippen LogP contribution in [-0.4, -0.2) is 24.2 Å². The van der Waals surface area contributed by atoms with Crippen LogP contribution in [0.25, 0.3) is 0 Å². The molecule has 17 heavy (non-hydrogen) atoms. The van der Waals surface area contributed by atoms with Gasteiger partial charge in [0.15, 0.2) is 0 Å². The Labute approximate surface area is 119 Å². The summed E-state index contributed by atoms with van der Waals surface area (Å²) in [5.74, 6) is 1.70. The molecule has 1 aromatic carbocycles. The fourth-order valence-electron chi connectivity index (χ4n) is 2.06. The van der Waals surface area contributed by atoms with Crippen LogP contribution in [0.3, 0.4) is 0 Å². The average Bonchev–Trinajstić information content (AvgIpc) is 2.31. The molecule has 0 spiro atoms. The van der Waals surface area contributed by atoms with E-state index in [0.29, 0.717) is 5.92 Å². The van der Waals surface area contributed by atoms with Crippen LogP contribution in [0, 0.1) is 5.92 Å². The Hall–Kier alpha value is 0.01000. The molecule has 0 aliphatic carbocycles. The van der Waals surface area contributed by atoms with E-state index >= 15 is 0 Å². The van der Waals surface area contributed by atoms with Crippen molar-refractivity contribution in [2.45, 2.75) is 26.3 Å². The van der Waals surface area contributed by atoms with E-state index in [1.807, 2.05) is 0 Å². The summed E-state index contributed by atoms with van der Waals surface area (Å²) >= 11 is 7.89. The van der Waals surface area contributed by atoms with Crippen LogP contribution < -0.4 is 0 Å². The zero-order valence-corrected chi connectivity index (χ0v) is 13.2. The normalized spacial score (nSPS) is 13.0. The molecular weight excluding hydrogens is 294 g/mol. The van der Waals surface area contributed by atoms with Gasteiger partial charge in [-0.05, 0) is 42.8 Å². The molecule has 1 nitrogen and oxygen atoms in total. The molecule has 0 N–H and O–H groups in total. The first-order valence-electron chi connectivity index (χ1n) is 6.19. The largest absolute Gasteiger partial charge is 0.302 e. The van der Waals surface area contributed by atoms with E-state index in [-0.39, 0.29) is 0 Å². The number of thiol groups is 1. The highest BCUT2D eigenvalue weighted by Crippen LogP contribution is 2.14. The summed E-state index contributed by atoms with van der Waals surface area (Å²) < 4.78 is 1.14. The third-order valence-corrected chi connectivity index (χ3v) is 3.94. The molecule has 96 valence electrons. The lowest BCUT2D eigenvalue weighted by atomic mass is 10.1. The highest BCUT2D eigenvalue weighted by atomic mass is 79.9. The third-order valence-electron chi connectivity index (χ3n) is 2.89. The summed E-state index contributed by atoms with van der Waals surface area (Å²) in [7, 11) is 2.19. The Morgan fingerprint density at radius 1 is 1.29 bits per heavy atom. The van der Waals surface area contributed by atoms with Gasteiger partial charge in [0.2, 0.25) is 0 Å². The van der Waals surface area contributed by atoms with Crippen LogP contribution in [0.4, 0.5) is 0 Å². The molecule has 1 aromatic rings. The van der Waals surface area contributed by atoms with Crippen molar-refractivity contribution in [3.63, 3.8) is 0 Å². The van der Waals surface area contributed by atoms with Crippen molar-refractivity contribution in [2.75, 3.05) is 19.3 Å². The minimum Gasteiger partial charge on any atom is -0.302 e. The van der Waals surface area contributed by atoms with Crippen LogP contribution in [-0.2, 0) is 6.54 Å². The van der Waals surface area contributed by atoms with Crippen molar-refractivity contribution < 1.29 is 0 Å². The molecule has 3 heteroatoms. The van der Waals surface area contributed by atoms with Gasteiger partial charge >= 0.3 is 0 Å². The Morgan fingerprint density at radius 2 is 1.94 bits per heavy atom. The summed E-state index contributed by atoms with van der Waals surface area (Å²) in [6.45, 7) is 4.39. The van der Waals surface area contributed by atoms with Crippen molar-refractivity contribution in [3.05, 3.63) is 34.3 Å². The van der Waals surface area contributed by atoms with Gasteiger partial charge in [0, 0.05) is 17.6 Å². The number of rotatable bonds is 7. The lowest BCUT2D eigenvalue weighted by molar-refractivity contribution is 0.273. The van der Waals surface area contributed by atoms with Crippen LogP contribution >= 0.6 is 28.6 Å². The van der Waals surface area contributed by atoms with Gasteiger partial charge in [-0.1, -0.05) is 41.4 Å². The maximum absolute atomic E-state index is 4.43. The topological polar surface area (TPSA) is 3.24 Å². The zero-order chi connectivity index (χ0) is 12.7. The maximum atomic E-state index is 4.43. The van der Waals surface area contributed by atoms with E-state index in [4.69, 9.17) is 0 Å².